The van der Waals surface area contributed by atoms with Gasteiger partial charge < -0.3 is 5.32 Å². The van der Waals surface area contributed by atoms with Crippen LogP contribution >= 0.6 is 0 Å². The number of nitrogens with zero attached hydrogens (tertiary/aromatic N) is 1. The summed E-state index contributed by atoms with van der Waals surface area (Å²) in [6, 6.07) is 2.64. The summed E-state index contributed by atoms with van der Waals surface area (Å²) in [7, 11) is 0. The maximum Gasteiger partial charge on any atom is 0.00640 e. The van der Waals surface area contributed by atoms with Crippen LogP contribution in [0.2, 0.25) is 0 Å². The summed E-state index contributed by atoms with van der Waals surface area (Å²) < 4.78 is 0. The van der Waals surface area contributed by atoms with E-state index in [2.05, 4.69) is 79.5 Å². The first-order valence-corrected chi connectivity index (χ1v) is 7.65. The molecule has 2 nitrogen and oxygen atoms in total. The van der Waals surface area contributed by atoms with Crippen molar-refractivity contribution < 1.29 is 0 Å². The third-order valence-corrected chi connectivity index (χ3v) is 3.29. The summed E-state index contributed by atoms with van der Waals surface area (Å²) in [6.07, 6.45) is 0. The van der Waals surface area contributed by atoms with Crippen LogP contribution < -0.4 is 5.32 Å². The lowest BCUT2D eigenvalue weighted by molar-refractivity contribution is 0.185. The Morgan fingerprint density at radius 1 is 0.778 bits per heavy atom. The van der Waals surface area contributed by atoms with E-state index in [0.29, 0.717) is 24.2 Å². The highest BCUT2D eigenvalue weighted by Crippen LogP contribution is 2.02. The lowest BCUT2D eigenvalue weighted by Crippen LogP contribution is -2.36. The molecule has 0 amide bonds. The van der Waals surface area contributed by atoms with E-state index < -0.39 is 0 Å². The zero-order valence-corrected chi connectivity index (χ0v) is 14.5. The highest BCUT2D eigenvalue weighted by atomic mass is 15.2. The Morgan fingerprint density at radius 2 is 1.17 bits per heavy atom. The van der Waals surface area contributed by atoms with Crippen molar-refractivity contribution in [1.29, 1.82) is 0 Å². The van der Waals surface area contributed by atoms with E-state index in [1.54, 1.807) is 0 Å². The van der Waals surface area contributed by atoms with Crippen LogP contribution in [0.5, 0.6) is 0 Å². The number of rotatable bonds is 6. The van der Waals surface area contributed by atoms with Crippen LogP contribution in [0.1, 0.15) is 69.2 Å². The van der Waals surface area contributed by atoms with Gasteiger partial charge in [-0.25, -0.2) is 0 Å². The molecule has 0 aliphatic heterocycles. The normalized spacial score (nSPS) is 13.5. The maximum atomic E-state index is 3.44. The van der Waals surface area contributed by atoms with Gasteiger partial charge in [0.25, 0.3) is 0 Å². The molecule has 18 heavy (non-hydrogen) atoms. The summed E-state index contributed by atoms with van der Waals surface area (Å²) in [6.45, 7) is 23.4. The molecule has 0 saturated carbocycles. The third-order valence-electron chi connectivity index (χ3n) is 3.29. The molecular formula is C16H38N2. The molecule has 0 bridgehead atoms. The van der Waals surface area contributed by atoms with Crippen LogP contribution in [-0.2, 0) is 0 Å². The molecule has 0 aromatic carbocycles. The van der Waals surface area contributed by atoms with Gasteiger partial charge in [0.2, 0.25) is 0 Å². The van der Waals surface area contributed by atoms with Gasteiger partial charge in [-0.3, -0.25) is 4.90 Å². The van der Waals surface area contributed by atoms with Crippen molar-refractivity contribution >= 4 is 0 Å². The molecule has 0 rings (SSSR count). The molecule has 1 unspecified atom stereocenters. The van der Waals surface area contributed by atoms with E-state index in [-0.39, 0.29) is 0 Å². The third kappa shape index (κ3) is 11.0. The smallest absolute Gasteiger partial charge is 0.00640 e. The van der Waals surface area contributed by atoms with Crippen molar-refractivity contribution in [3.63, 3.8) is 0 Å². The van der Waals surface area contributed by atoms with Gasteiger partial charge in [0.1, 0.15) is 0 Å². The second-order valence-electron chi connectivity index (χ2n) is 6.37. The molecule has 1 N–H and O–H groups in total. The molecule has 0 heterocycles. The molecule has 112 valence electrons. The van der Waals surface area contributed by atoms with Crippen LogP contribution in [0, 0.1) is 5.92 Å². The van der Waals surface area contributed by atoms with Gasteiger partial charge in [-0.15, -0.1) is 0 Å². The Hall–Kier alpha value is -0.0800. The predicted octanol–water partition coefficient (Wildman–Crippen LogP) is 4.15. The molecule has 0 spiro atoms. The Morgan fingerprint density at radius 3 is 1.22 bits per heavy atom. The van der Waals surface area contributed by atoms with Crippen molar-refractivity contribution in [3.8, 4) is 0 Å². The SMILES string of the molecule is CC(C)NC(C)C(C)C.CCN(C(C)C)C(C)C. The standard InChI is InChI=1S/2C8H19N/c1-6-9(7(2)3)8(4)5;1-6(2)8(5)9-7(3)4/h7-8H,6H2,1-5H3;6-9H,1-5H3. The number of hydrogen-bond acceptors (Lipinski definition) is 2. The largest absolute Gasteiger partial charge is 0.312 e. The van der Waals surface area contributed by atoms with Crippen molar-refractivity contribution in [2.45, 2.75) is 93.4 Å². The molecule has 0 fully saturated rings. The molecule has 0 aliphatic carbocycles. The van der Waals surface area contributed by atoms with Crippen LogP contribution in [0.25, 0.3) is 0 Å². The van der Waals surface area contributed by atoms with E-state index in [4.69, 9.17) is 0 Å². The number of nitrogens with one attached hydrogen (secondary N) is 1. The first-order valence-electron chi connectivity index (χ1n) is 7.65. The van der Waals surface area contributed by atoms with Crippen LogP contribution in [0.3, 0.4) is 0 Å². The number of hydrogen-bond donors (Lipinski definition) is 1. The molecule has 0 aromatic rings. The van der Waals surface area contributed by atoms with Crippen molar-refractivity contribution in [3.05, 3.63) is 0 Å². The van der Waals surface area contributed by atoms with Gasteiger partial charge in [0.05, 0.1) is 0 Å². The maximum absolute atomic E-state index is 3.44. The molecule has 0 saturated heterocycles. The first kappa shape index (κ1) is 20.2. The van der Waals surface area contributed by atoms with Crippen molar-refractivity contribution in [2.24, 2.45) is 5.92 Å². The highest BCUT2D eigenvalue weighted by molar-refractivity contribution is 4.66. The molecule has 1 atom stereocenters. The first-order chi connectivity index (χ1) is 8.13. The van der Waals surface area contributed by atoms with Gasteiger partial charge >= 0.3 is 0 Å². The monoisotopic (exact) mass is 258 g/mol. The fourth-order valence-electron chi connectivity index (χ4n) is 2.04. The average Bonchev–Trinajstić information content (AvgIpc) is 2.16. The van der Waals surface area contributed by atoms with E-state index in [1.165, 1.54) is 0 Å². The minimum absolute atomic E-state index is 0.613. The van der Waals surface area contributed by atoms with Gasteiger partial charge in [0, 0.05) is 24.2 Å². The van der Waals surface area contributed by atoms with Gasteiger partial charge in [-0.1, -0.05) is 34.6 Å². The van der Waals surface area contributed by atoms with Gasteiger partial charge in [-0.2, -0.15) is 0 Å². The summed E-state index contributed by atoms with van der Waals surface area (Å²) >= 11 is 0. The molecule has 0 radical (unpaired) electrons. The molecule has 0 aliphatic rings. The predicted molar refractivity (Wildman–Crippen MR) is 85.2 cm³/mol. The highest BCUT2D eigenvalue weighted by Gasteiger charge is 2.09. The molecule has 2 heteroatoms. The summed E-state index contributed by atoms with van der Waals surface area (Å²) in [5.74, 6) is 0.743. The molecular weight excluding hydrogens is 220 g/mol. The fourth-order valence-corrected chi connectivity index (χ4v) is 2.04. The second kappa shape index (κ2) is 10.8. The zero-order chi connectivity index (χ0) is 14.9. The molecule has 0 aromatic heterocycles. The fraction of sp³-hybridized carbons (Fsp3) is 1.00. The van der Waals surface area contributed by atoms with E-state index in [9.17, 15) is 0 Å². The van der Waals surface area contributed by atoms with Crippen molar-refractivity contribution in [1.82, 2.24) is 10.2 Å². The minimum atomic E-state index is 0.613. The Balaban J connectivity index is 0. The van der Waals surface area contributed by atoms with Gasteiger partial charge in [0.15, 0.2) is 0 Å². The van der Waals surface area contributed by atoms with Crippen LogP contribution in [-0.4, -0.2) is 35.6 Å². The Labute approximate surface area is 117 Å². The lowest BCUT2D eigenvalue weighted by atomic mass is 10.1. The quantitative estimate of drug-likeness (QED) is 0.770. The second-order valence-corrected chi connectivity index (χ2v) is 6.37. The van der Waals surface area contributed by atoms with Crippen molar-refractivity contribution in [2.75, 3.05) is 6.54 Å². The Bertz CT molecular complexity index is 166. The topological polar surface area (TPSA) is 15.3 Å². The van der Waals surface area contributed by atoms with E-state index in [0.717, 1.165) is 12.5 Å². The zero-order valence-electron chi connectivity index (χ0n) is 14.5. The van der Waals surface area contributed by atoms with Crippen LogP contribution in [0.15, 0.2) is 0 Å². The summed E-state index contributed by atoms with van der Waals surface area (Å²) in [4.78, 5) is 2.46. The lowest BCUT2D eigenvalue weighted by Gasteiger charge is -2.28. The van der Waals surface area contributed by atoms with Crippen LogP contribution in [0.4, 0.5) is 0 Å². The average molecular weight is 258 g/mol. The Kier molecular flexibility index (Phi) is 12.2. The summed E-state index contributed by atoms with van der Waals surface area (Å²) in [5, 5.41) is 3.44. The van der Waals surface area contributed by atoms with Gasteiger partial charge in [-0.05, 0) is 47.1 Å². The summed E-state index contributed by atoms with van der Waals surface area (Å²) in [5.41, 5.74) is 0. The van der Waals surface area contributed by atoms with E-state index in [1.807, 2.05) is 0 Å². The minimum Gasteiger partial charge on any atom is -0.312 e. The van der Waals surface area contributed by atoms with E-state index >= 15 is 0 Å².